The molecule has 0 heterocycles. The topological polar surface area (TPSA) is 3.24 Å². The Kier molecular flexibility index (Phi) is 8.92. The molecule has 0 saturated heterocycles. The Labute approximate surface area is 342 Å². The summed E-state index contributed by atoms with van der Waals surface area (Å²) in [5.41, 5.74) is 20.5. The van der Waals surface area contributed by atoms with Crippen LogP contribution in [0.15, 0.2) is 224 Å². The fraction of sp³-hybridized carbons (Fsp3) is 0.0526. The minimum atomic E-state index is -0.0810. The molecule has 0 atom stereocenters. The fourth-order valence-corrected chi connectivity index (χ4v) is 9.13. The van der Waals surface area contributed by atoms with Gasteiger partial charge < -0.3 is 4.90 Å². The van der Waals surface area contributed by atoms with Crippen molar-refractivity contribution in [3.63, 3.8) is 0 Å². The van der Waals surface area contributed by atoms with Crippen LogP contribution < -0.4 is 4.90 Å². The van der Waals surface area contributed by atoms with Gasteiger partial charge in [0.1, 0.15) is 0 Å². The Balaban J connectivity index is 1.25. The average Bonchev–Trinajstić information content (AvgIpc) is 3.53. The zero-order valence-electron chi connectivity index (χ0n) is 32.8. The van der Waals surface area contributed by atoms with Gasteiger partial charge in [0.25, 0.3) is 0 Å². The number of benzene rings is 9. The second-order valence-electron chi connectivity index (χ2n) is 15.7. The lowest BCUT2D eigenvalue weighted by Gasteiger charge is -2.30. The van der Waals surface area contributed by atoms with E-state index in [2.05, 4.69) is 243 Å². The molecular formula is C57H43N. The summed E-state index contributed by atoms with van der Waals surface area (Å²) in [7, 11) is 0. The molecule has 1 aliphatic carbocycles. The predicted molar refractivity (Wildman–Crippen MR) is 246 cm³/mol. The first kappa shape index (κ1) is 35.2. The molecule has 10 rings (SSSR count). The van der Waals surface area contributed by atoms with E-state index in [0.29, 0.717) is 0 Å². The molecule has 58 heavy (non-hydrogen) atoms. The van der Waals surface area contributed by atoms with Crippen molar-refractivity contribution in [3.05, 3.63) is 236 Å². The Morgan fingerprint density at radius 1 is 0.293 bits per heavy atom. The van der Waals surface area contributed by atoms with E-state index in [4.69, 9.17) is 0 Å². The molecule has 0 unspecified atom stereocenters. The third-order valence-corrected chi connectivity index (χ3v) is 11.9. The lowest BCUT2D eigenvalue weighted by atomic mass is 9.82. The minimum Gasteiger partial charge on any atom is -0.310 e. The van der Waals surface area contributed by atoms with Crippen LogP contribution in [0.5, 0.6) is 0 Å². The van der Waals surface area contributed by atoms with E-state index < -0.39 is 0 Å². The van der Waals surface area contributed by atoms with Crippen LogP contribution in [0.4, 0.5) is 17.1 Å². The van der Waals surface area contributed by atoms with Gasteiger partial charge in [-0.05, 0) is 103 Å². The van der Waals surface area contributed by atoms with Crippen LogP contribution >= 0.6 is 0 Å². The van der Waals surface area contributed by atoms with E-state index in [-0.39, 0.29) is 5.41 Å². The highest BCUT2D eigenvalue weighted by molar-refractivity contribution is 6.02. The standard InChI is InChI=1S/C57H43N/c1-57(2)52-35-15-14-32-51(52)55-49(33-18-36-53(55)57)44-27-17-29-46(39-44)58(45-28-16-26-43(38-45)40-20-6-3-7-21-40)54-37-19-34-48(42-24-10-5-11-25-42)56(54)50-31-13-12-30-47(50)41-22-8-4-9-23-41/h3-39H,1-2H3. The summed E-state index contributed by atoms with van der Waals surface area (Å²) >= 11 is 0. The number of hydrogen-bond acceptors (Lipinski definition) is 1. The van der Waals surface area contributed by atoms with Crippen LogP contribution in [-0.4, -0.2) is 0 Å². The first-order valence-electron chi connectivity index (χ1n) is 20.2. The van der Waals surface area contributed by atoms with E-state index in [1.54, 1.807) is 0 Å². The Morgan fingerprint density at radius 2 is 0.724 bits per heavy atom. The zero-order valence-corrected chi connectivity index (χ0v) is 32.8. The van der Waals surface area contributed by atoms with Crippen molar-refractivity contribution in [1.82, 2.24) is 0 Å². The highest BCUT2D eigenvalue weighted by Crippen LogP contribution is 2.53. The second-order valence-corrected chi connectivity index (χ2v) is 15.7. The summed E-state index contributed by atoms with van der Waals surface area (Å²) in [4.78, 5) is 2.47. The maximum absolute atomic E-state index is 2.47. The zero-order chi connectivity index (χ0) is 39.1. The molecule has 0 bridgehead atoms. The molecule has 0 fully saturated rings. The number of fused-ring (bicyclic) bond motifs is 3. The molecule has 276 valence electrons. The van der Waals surface area contributed by atoms with Crippen LogP contribution in [0.2, 0.25) is 0 Å². The van der Waals surface area contributed by atoms with Crippen LogP contribution in [0.3, 0.4) is 0 Å². The van der Waals surface area contributed by atoms with Gasteiger partial charge in [0.2, 0.25) is 0 Å². The van der Waals surface area contributed by atoms with E-state index >= 15 is 0 Å². The normalized spacial score (nSPS) is 12.4. The summed E-state index contributed by atoms with van der Waals surface area (Å²) in [6.07, 6.45) is 0. The van der Waals surface area contributed by atoms with Crippen molar-refractivity contribution in [2.24, 2.45) is 0 Å². The number of anilines is 3. The Bertz CT molecular complexity index is 2910. The Hall–Kier alpha value is -7.22. The van der Waals surface area contributed by atoms with Crippen molar-refractivity contribution in [2.45, 2.75) is 19.3 Å². The van der Waals surface area contributed by atoms with Gasteiger partial charge in [0, 0.05) is 22.4 Å². The van der Waals surface area contributed by atoms with Gasteiger partial charge in [-0.25, -0.2) is 0 Å². The number of hydrogen-bond donors (Lipinski definition) is 0. The molecule has 0 N–H and O–H groups in total. The molecule has 9 aromatic rings. The minimum absolute atomic E-state index is 0.0810. The predicted octanol–water partition coefficient (Wildman–Crippen LogP) is 15.8. The molecule has 1 aliphatic rings. The van der Waals surface area contributed by atoms with Crippen LogP contribution in [0.1, 0.15) is 25.0 Å². The molecule has 1 nitrogen and oxygen atoms in total. The van der Waals surface area contributed by atoms with Gasteiger partial charge in [0.15, 0.2) is 0 Å². The molecular weight excluding hydrogens is 699 g/mol. The maximum Gasteiger partial charge on any atom is 0.0546 e. The average molecular weight is 742 g/mol. The summed E-state index contributed by atoms with van der Waals surface area (Å²) < 4.78 is 0. The largest absolute Gasteiger partial charge is 0.310 e. The monoisotopic (exact) mass is 741 g/mol. The smallest absolute Gasteiger partial charge is 0.0546 e. The molecule has 0 spiro atoms. The molecule has 0 amide bonds. The lowest BCUT2D eigenvalue weighted by Crippen LogP contribution is -2.14. The van der Waals surface area contributed by atoms with Crippen molar-refractivity contribution in [1.29, 1.82) is 0 Å². The summed E-state index contributed by atoms with van der Waals surface area (Å²) in [6, 6.07) is 81.9. The fourth-order valence-electron chi connectivity index (χ4n) is 9.13. The molecule has 0 aromatic heterocycles. The quantitative estimate of drug-likeness (QED) is 0.150. The van der Waals surface area contributed by atoms with Gasteiger partial charge in [-0.2, -0.15) is 0 Å². The molecule has 9 aromatic carbocycles. The van der Waals surface area contributed by atoms with Crippen molar-refractivity contribution in [3.8, 4) is 66.8 Å². The van der Waals surface area contributed by atoms with Crippen molar-refractivity contribution >= 4 is 17.1 Å². The van der Waals surface area contributed by atoms with E-state index in [0.717, 1.165) is 17.1 Å². The van der Waals surface area contributed by atoms with Gasteiger partial charge in [-0.1, -0.05) is 208 Å². The molecule has 0 aliphatic heterocycles. The van der Waals surface area contributed by atoms with E-state index in [1.807, 2.05) is 0 Å². The highest BCUT2D eigenvalue weighted by atomic mass is 15.1. The molecule has 1 heteroatoms. The maximum atomic E-state index is 2.47. The number of rotatable bonds is 8. The summed E-state index contributed by atoms with van der Waals surface area (Å²) in [5, 5.41) is 0. The van der Waals surface area contributed by atoms with Crippen molar-refractivity contribution in [2.75, 3.05) is 4.90 Å². The molecule has 0 radical (unpaired) electrons. The van der Waals surface area contributed by atoms with Gasteiger partial charge in [-0.3, -0.25) is 0 Å². The van der Waals surface area contributed by atoms with E-state index in [9.17, 15) is 0 Å². The molecule has 0 saturated carbocycles. The van der Waals surface area contributed by atoms with Gasteiger partial charge in [-0.15, -0.1) is 0 Å². The Morgan fingerprint density at radius 3 is 1.40 bits per heavy atom. The number of nitrogens with zero attached hydrogens (tertiary/aromatic N) is 1. The lowest BCUT2D eigenvalue weighted by molar-refractivity contribution is 0.660. The highest BCUT2D eigenvalue weighted by Gasteiger charge is 2.36. The van der Waals surface area contributed by atoms with Crippen LogP contribution in [0, 0.1) is 0 Å². The summed E-state index contributed by atoms with van der Waals surface area (Å²) in [5.74, 6) is 0. The van der Waals surface area contributed by atoms with Crippen molar-refractivity contribution < 1.29 is 0 Å². The van der Waals surface area contributed by atoms with Crippen LogP contribution in [0.25, 0.3) is 66.8 Å². The van der Waals surface area contributed by atoms with Gasteiger partial charge in [0.05, 0.1) is 5.69 Å². The van der Waals surface area contributed by atoms with E-state index in [1.165, 1.54) is 77.9 Å². The van der Waals surface area contributed by atoms with Gasteiger partial charge >= 0.3 is 0 Å². The first-order chi connectivity index (χ1) is 28.6. The third kappa shape index (κ3) is 6.13. The third-order valence-electron chi connectivity index (χ3n) is 11.9. The summed E-state index contributed by atoms with van der Waals surface area (Å²) in [6.45, 7) is 4.71. The SMILES string of the molecule is CC1(C)c2ccccc2-c2c(-c3cccc(N(c4cccc(-c5ccccc5)c4)c4cccc(-c5ccccc5)c4-c4ccccc4-c4ccccc4)c3)cccc21. The second kappa shape index (κ2) is 14.7. The van der Waals surface area contributed by atoms with Crippen LogP contribution in [-0.2, 0) is 5.41 Å². The first-order valence-corrected chi connectivity index (χ1v) is 20.2.